The van der Waals surface area contributed by atoms with E-state index in [0.717, 1.165) is 34.3 Å². The number of nitrogens with zero attached hydrogens (tertiary/aromatic N) is 5. The number of amides is 2. The molecule has 72 heavy (non-hydrogen) atoms. The van der Waals surface area contributed by atoms with Crippen LogP contribution in [0.3, 0.4) is 0 Å². The van der Waals surface area contributed by atoms with Gasteiger partial charge in [0, 0.05) is 23.4 Å². The van der Waals surface area contributed by atoms with Crippen LogP contribution in [0.5, 0.6) is 11.5 Å². The lowest BCUT2D eigenvalue weighted by Crippen LogP contribution is -2.68. The number of quaternary nitrogens is 1. The van der Waals surface area contributed by atoms with Crippen molar-refractivity contribution in [1.29, 1.82) is 0 Å². The third-order valence-corrected chi connectivity index (χ3v) is 17.7. The van der Waals surface area contributed by atoms with Gasteiger partial charge in [0.1, 0.15) is 40.9 Å². The minimum Gasteiger partial charge on any atom is -0.497 e. The largest absolute Gasteiger partial charge is 0.497 e. The molecule has 376 valence electrons. The normalized spacial score (nSPS) is 19.2. The van der Waals surface area contributed by atoms with Crippen molar-refractivity contribution in [3.63, 3.8) is 0 Å². The zero-order valence-corrected chi connectivity index (χ0v) is 42.5. The number of carbonyl (C=O) groups excluding carboxylic acids is 2. The van der Waals surface area contributed by atoms with Gasteiger partial charge in [-0.15, -0.1) is 10.0 Å². The first-order valence-electron chi connectivity index (χ1n) is 23.5. The second kappa shape index (κ2) is 20.6. The van der Waals surface area contributed by atoms with Gasteiger partial charge < -0.3 is 28.7 Å². The van der Waals surface area contributed by atoms with E-state index in [0.29, 0.717) is 34.3 Å². The number of hydrogen-bond donors (Lipinski definition) is 2. The molecule has 0 radical (unpaired) electrons. The molecule has 4 heterocycles. The molecule has 3 unspecified atom stereocenters. The number of allylic oxidation sites excluding steroid dienone is 1. The number of alkyl halides is 3. The van der Waals surface area contributed by atoms with Crippen LogP contribution in [0.2, 0.25) is 5.04 Å². The molecule has 3 aliphatic heterocycles. The highest BCUT2D eigenvalue weighted by Gasteiger charge is 2.53. The van der Waals surface area contributed by atoms with E-state index >= 15 is 0 Å². The minimum atomic E-state index is -4.62. The first-order chi connectivity index (χ1) is 34.3. The molecule has 4 aromatic carbocycles. The van der Waals surface area contributed by atoms with Crippen molar-refractivity contribution < 1.29 is 50.7 Å². The van der Waals surface area contributed by atoms with E-state index in [-0.39, 0.29) is 47.3 Å². The number of halogens is 3. The van der Waals surface area contributed by atoms with Crippen LogP contribution in [0.25, 0.3) is 0 Å². The van der Waals surface area contributed by atoms with Crippen LogP contribution in [-0.4, -0.2) is 98.6 Å². The molecular weight excluding hydrogens is 944 g/mol. The second-order valence-corrected chi connectivity index (χ2v) is 23.9. The van der Waals surface area contributed by atoms with Crippen LogP contribution in [0.4, 0.5) is 23.8 Å². The van der Waals surface area contributed by atoms with Crippen molar-refractivity contribution >= 4 is 48.6 Å². The number of carbonyl (C=O) groups is 2. The summed E-state index contributed by atoms with van der Waals surface area (Å²) < 4.78 is 71.7. The van der Waals surface area contributed by atoms with Crippen molar-refractivity contribution in [3.05, 3.63) is 168 Å². The maximum atomic E-state index is 14.5. The van der Waals surface area contributed by atoms with Crippen LogP contribution in [0, 0.1) is 0 Å². The Balaban J connectivity index is 1.16. The van der Waals surface area contributed by atoms with Crippen molar-refractivity contribution in [3.8, 4) is 11.5 Å². The van der Waals surface area contributed by atoms with E-state index in [1.165, 1.54) is 0 Å². The molecule has 1 aromatic heterocycles. The summed E-state index contributed by atoms with van der Waals surface area (Å²) in [5.41, 5.74) is 4.57. The van der Waals surface area contributed by atoms with Crippen molar-refractivity contribution in [1.82, 2.24) is 15.3 Å². The zero-order chi connectivity index (χ0) is 51.5. The number of rotatable bonds is 14. The third kappa shape index (κ3) is 10.6. The van der Waals surface area contributed by atoms with E-state index in [1.807, 2.05) is 75.5 Å². The number of hydrogen-bond acceptors (Lipinski definition) is 11. The molecule has 8 rings (SSSR count). The molecule has 1 fully saturated rings. The summed E-state index contributed by atoms with van der Waals surface area (Å²) in [4.78, 5) is 43.4. The van der Waals surface area contributed by atoms with Crippen LogP contribution in [0.1, 0.15) is 68.6 Å². The molecule has 2 N–H and O–H groups in total. The highest BCUT2D eigenvalue weighted by Crippen LogP contribution is 2.40. The first-order valence-corrected chi connectivity index (χ1v) is 25.4. The number of amidine groups is 1. The van der Waals surface area contributed by atoms with Gasteiger partial charge in [-0.05, 0) is 78.6 Å². The van der Waals surface area contributed by atoms with E-state index in [2.05, 4.69) is 65.8 Å². The smallest absolute Gasteiger partial charge is 0.416 e. The van der Waals surface area contributed by atoms with E-state index in [1.54, 1.807) is 61.9 Å². The summed E-state index contributed by atoms with van der Waals surface area (Å²) in [6.07, 6.45) is 0.247. The van der Waals surface area contributed by atoms with Gasteiger partial charge in [-0.25, -0.2) is 9.78 Å². The van der Waals surface area contributed by atoms with Crippen molar-refractivity contribution in [2.45, 2.75) is 77.0 Å². The predicted molar refractivity (Wildman–Crippen MR) is 272 cm³/mol. The molecule has 18 heteroatoms. The maximum absolute atomic E-state index is 14.5. The molecule has 0 bridgehead atoms. The molecule has 0 aliphatic carbocycles. The second-order valence-electron chi connectivity index (χ2n) is 19.6. The summed E-state index contributed by atoms with van der Waals surface area (Å²) >= 11 is 0. The fourth-order valence-electron chi connectivity index (χ4n) is 9.19. The Morgan fingerprint density at radius 2 is 1.54 bits per heavy atom. The molecular formula is C54H59F3N7O7Si+. The Labute approximate surface area is 418 Å². The summed E-state index contributed by atoms with van der Waals surface area (Å²) in [7, 11) is 0.113. The Hall–Kier alpha value is -6.96. The number of benzene rings is 4. The molecule has 3 aliphatic rings. The average molecular weight is 1000 g/mol. The SMILES string of the molecule is COc1ccc(CN[N+]23C=CN=CC2=C(C2CN(C(=O)OC(C)(C)C)C(CO[Si](c4ccccc4)(c4ccccc4)C(C)(C)C)CO2)N=C3c2ccc(C(=O)Nc3cc(C(F)(F)F)ccn3)cc2)c(OC)c1. The maximum Gasteiger partial charge on any atom is 0.416 e. The van der Waals surface area contributed by atoms with Crippen LogP contribution < -0.4 is 30.6 Å². The standard InChI is InChI=1S/C54H58F3N7O7Si/c1-52(2,3)71-51(66)63-33-46(69-34-40(63)35-70-72(53(4,5)6,42-15-11-9-12-16-42)43-17-13-10-14-18-43)48-44-32-58-27-28-64(44,60-31-38-23-24-41(67-7)30-45(38)68-8)49(62-48)36-19-21-37(22-20-36)50(65)61-47-29-39(25-26-59-47)54(55,56)57/h9-30,32,40,46,60H,31,33-35H2,1-8H3/p+1. The van der Waals surface area contributed by atoms with Gasteiger partial charge in [-0.1, -0.05) is 87.5 Å². The quantitative estimate of drug-likeness (QED) is 0.0823. The Morgan fingerprint density at radius 1 is 0.861 bits per heavy atom. The van der Waals surface area contributed by atoms with Gasteiger partial charge in [0.25, 0.3) is 20.1 Å². The fourth-order valence-corrected chi connectivity index (χ4v) is 13.8. The molecule has 0 saturated carbocycles. The minimum absolute atomic E-state index is 0.0475. The Kier molecular flexibility index (Phi) is 14.7. The summed E-state index contributed by atoms with van der Waals surface area (Å²) in [6.45, 7) is 12.6. The van der Waals surface area contributed by atoms with Crippen molar-refractivity contribution in [2.75, 3.05) is 39.3 Å². The van der Waals surface area contributed by atoms with E-state index in [9.17, 15) is 22.8 Å². The molecule has 2 amide bonds. The lowest BCUT2D eigenvalue weighted by molar-refractivity contribution is -0.791. The number of pyridine rings is 1. The van der Waals surface area contributed by atoms with Gasteiger partial charge in [0.15, 0.2) is 0 Å². The monoisotopic (exact) mass is 1000 g/mol. The summed E-state index contributed by atoms with van der Waals surface area (Å²) in [5.74, 6) is 0.768. The fraction of sp³-hybridized carbons (Fsp3) is 0.315. The lowest BCUT2D eigenvalue weighted by Gasteiger charge is -2.46. The van der Waals surface area contributed by atoms with Crippen LogP contribution in [-0.2, 0) is 26.6 Å². The highest BCUT2D eigenvalue weighted by atomic mass is 28.4. The third-order valence-electron chi connectivity index (χ3n) is 12.7. The molecule has 1 saturated heterocycles. The van der Waals surface area contributed by atoms with Gasteiger partial charge >= 0.3 is 12.3 Å². The van der Waals surface area contributed by atoms with Crippen molar-refractivity contribution in [2.24, 2.45) is 9.98 Å². The molecule has 0 spiro atoms. The zero-order valence-electron chi connectivity index (χ0n) is 41.5. The molecule has 14 nitrogen and oxygen atoms in total. The number of nitrogens with one attached hydrogen (secondary N) is 2. The topological polar surface area (TPSA) is 145 Å². The summed E-state index contributed by atoms with van der Waals surface area (Å²) in [6, 6.07) is 33.7. The number of anilines is 1. The van der Waals surface area contributed by atoms with E-state index in [4.69, 9.17) is 28.4 Å². The molecule has 5 aromatic rings. The average Bonchev–Trinajstić information content (AvgIpc) is 3.70. The number of ether oxygens (including phenoxy) is 4. The Morgan fingerprint density at radius 3 is 2.15 bits per heavy atom. The number of aromatic nitrogens is 1. The predicted octanol–water partition coefficient (Wildman–Crippen LogP) is 9.00. The van der Waals surface area contributed by atoms with Gasteiger partial charge in [-0.3, -0.25) is 14.7 Å². The Bertz CT molecular complexity index is 2860. The van der Waals surface area contributed by atoms with Crippen LogP contribution in [0.15, 0.2) is 155 Å². The lowest BCUT2D eigenvalue weighted by atomic mass is 10.1. The summed E-state index contributed by atoms with van der Waals surface area (Å²) in [5, 5.41) is 4.34. The molecule has 3 atom stereocenters. The highest BCUT2D eigenvalue weighted by molar-refractivity contribution is 6.99. The van der Waals surface area contributed by atoms with E-state index < -0.39 is 49.8 Å². The van der Waals surface area contributed by atoms with Gasteiger partial charge in [-0.2, -0.15) is 18.2 Å². The number of fused-ring (bicyclic) bond motifs is 1. The first kappa shape index (κ1) is 51.4. The number of aliphatic imine (C=N–C) groups is 2. The van der Waals surface area contributed by atoms with Gasteiger partial charge in [0.2, 0.25) is 5.70 Å². The number of methoxy groups -OCH3 is 2. The van der Waals surface area contributed by atoms with Crippen LogP contribution >= 0.6 is 0 Å². The number of morpholine rings is 1. The van der Waals surface area contributed by atoms with Gasteiger partial charge in [0.05, 0.1) is 70.1 Å².